The highest BCUT2D eigenvalue weighted by atomic mass is 19.1. The number of halogens is 2. The summed E-state index contributed by atoms with van der Waals surface area (Å²) in [4.78, 5) is 9.05. The summed E-state index contributed by atoms with van der Waals surface area (Å²) in [5, 5.41) is 17.3. The van der Waals surface area contributed by atoms with Crippen LogP contribution in [0.1, 0.15) is 56.5 Å². The molecule has 0 radical (unpaired) electrons. The van der Waals surface area contributed by atoms with Crippen LogP contribution in [-0.2, 0) is 5.60 Å². The second-order valence-corrected chi connectivity index (χ2v) is 9.19. The number of H-pyrrole nitrogens is 1. The molecule has 2 atom stereocenters. The van der Waals surface area contributed by atoms with Crippen LogP contribution in [0.2, 0.25) is 0 Å². The highest BCUT2D eigenvalue weighted by Crippen LogP contribution is 2.39. The summed E-state index contributed by atoms with van der Waals surface area (Å²) in [5.74, 6) is -1.63. The molecule has 0 saturated carbocycles. The minimum absolute atomic E-state index is 0.0171. The van der Waals surface area contributed by atoms with E-state index in [1.54, 1.807) is 38.4 Å². The predicted molar refractivity (Wildman–Crippen MR) is 126 cm³/mol. The molecule has 0 amide bonds. The van der Waals surface area contributed by atoms with Gasteiger partial charge in [0.1, 0.15) is 28.6 Å². The van der Waals surface area contributed by atoms with Gasteiger partial charge in [0.2, 0.25) is 0 Å². The fourth-order valence-electron chi connectivity index (χ4n) is 4.20. The van der Waals surface area contributed by atoms with Crippen molar-refractivity contribution in [2.24, 2.45) is 17.4 Å². The van der Waals surface area contributed by atoms with Crippen molar-refractivity contribution in [2.45, 2.75) is 45.1 Å². The first kappa shape index (κ1) is 23.6. The molecule has 0 bridgehead atoms. The molecular weight excluding hydrogens is 438 g/mol. The van der Waals surface area contributed by atoms with Crippen LogP contribution in [0.3, 0.4) is 0 Å². The molecule has 34 heavy (non-hydrogen) atoms. The molecule has 0 saturated heterocycles. The average molecular weight is 467 g/mol. The molecular formula is C25H28F2N6O. The van der Waals surface area contributed by atoms with Gasteiger partial charge >= 0.3 is 0 Å². The van der Waals surface area contributed by atoms with Crippen molar-refractivity contribution < 1.29 is 13.9 Å². The van der Waals surface area contributed by atoms with E-state index >= 15 is 0 Å². The zero-order valence-corrected chi connectivity index (χ0v) is 19.3. The third kappa shape index (κ3) is 4.56. The van der Waals surface area contributed by atoms with Crippen molar-refractivity contribution in [3.05, 3.63) is 82.6 Å². The molecule has 1 aromatic carbocycles. The van der Waals surface area contributed by atoms with Gasteiger partial charge in [0, 0.05) is 23.5 Å². The minimum atomic E-state index is -1.07. The summed E-state index contributed by atoms with van der Waals surface area (Å²) < 4.78 is 28.4. The number of aliphatic hydroxyl groups is 1. The van der Waals surface area contributed by atoms with Gasteiger partial charge in [-0.3, -0.25) is 10.1 Å². The standard InChI is InChI=1S/C25H28F2N6O/c1-13-7-8-14(24(29)15(13)9-18(28)23-16(26)5-4-6-17(23)27)20-11-30-12-21(31-20)19-10-22(33-32-19)25(2,3)34/h4-6,9-14,34H,7-8,28-29H2,1-3H3,(H,32,33)/b18-9-. The van der Waals surface area contributed by atoms with Crippen LogP contribution in [0.5, 0.6) is 0 Å². The van der Waals surface area contributed by atoms with E-state index in [4.69, 9.17) is 16.5 Å². The quantitative estimate of drug-likeness (QED) is 0.448. The van der Waals surface area contributed by atoms with Crippen molar-refractivity contribution in [1.82, 2.24) is 20.2 Å². The predicted octanol–water partition coefficient (Wildman–Crippen LogP) is 4.10. The lowest BCUT2D eigenvalue weighted by Gasteiger charge is -2.29. The molecule has 1 aliphatic carbocycles. The fraction of sp³-hybridized carbons (Fsp3) is 0.320. The average Bonchev–Trinajstić information content (AvgIpc) is 3.28. The molecule has 7 nitrogen and oxygen atoms in total. The molecule has 0 spiro atoms. The van der Waals surface area contributed by atoms with E-state index in [1.807, 2.05) is 6.92 Å². The first-order valence-corrected chi connectivity index (χ1v) is 11.1. The van der Waals surface area contributed by atoms with Gasteiger partial charge in [-0.15, -0.1) is 0 Å². The van der Waals surface area contributed by atoms with Crippen LogP contribution < -0.4 is 11.5 Å². The van der Waals surface area contributed by atoms with Gasteiger partial charge in [0.05, 0.1) is 23.1 Å². The van der Waals surface area contributed by atoms with E-state index in [2.05, 4.69) is 15.2 Å². The number of aromatic nitrogens is 4. The van der Waals surface area contributed by atoms with Crippen LogP contribution in [0, 0.1) is 17.6 Å². The topological polar surface area (TPSA) is 127 Å². The van der Waals surface area contributed by atoms with E-state index < -0.39 is 17.2 Å². The zero-order valence-electron chi connectivity index (χ0n) is 19.3. The van der Waals surface area contributed by atoms with Crippen LogP contribution in [0.4, 0.5) is 8.78 Å². The van der Waals surface area contributed by atoms with E-state index in [1.165, 1.54) is 18.2 Å². The minimum Gasteiger partial charge on any atom is -0.401 e. The normalized spacial score (nSPS) is 19.5. The molecule has 178 valence electrons. The Balaban J connectivity index is 1.71. The lowest BCUT2D eigenvalue weighted by atomic mass is 9.79. The maximum atomic E-state index is 14.2. The molecule has 3 aromatic rings. The van der Waals surface area contributed by atoms with Crippen molar-refractivity contribution >= 4 is 5.70 Å². The summed E-state index contributed by atoms with van der Waals surface area (Å²) in [6, 6.07) is 5.37. The van der Waals surface area contributed by atoms with Gasteiger partial charge < -0.3 is 16.6 Å². The fourth-order valence-corrected chi connectivity index (χ4v) is 4.20. The summed E-state index contributed by atoms with van der Waals surface area (Å²) >= 11 is 0. The van der Waals surface area contributed by atoms with Crippen LogP contribution in [0.25, 0.3) is 17.1 Å². The number of allylic oxidation sites excluding steroid dienone is 3. The van der Waals surface area contributed by atoms with Crippen molar-refractivity contribution in [1.29, 1.82) is 0 Å². The first-order valence-electron chi connectivity index (χ1n) is 11.1. The Kier molecular flexibility index (Phi) is 6.22. The molecule has 0 aliphatic heterocycles. The van der Waals surface area contributed by atoms with Crippen molar-refractivity contribution in [3.63, 3.8) is 0 Å². The zero-order chi connectivity index (χ0) is 24.6. The molecule has 9 heteroatoms. The van der Waals surface area contributed by atoms with Crippen LogP contribution in [0.15, 0.2) is 54.0 Å². The first-order chi connectivity index (χ1) is 16.1. The second kappa shape index (κ2) is 8.98. The van der Waals surface area contributed by atoms with Crippen molar-refractivity contribution in [2.75, 3.05) is 0 Å². The molecule has 6 N–H and O–H groups in total. The molecule has 2 unspecified atom stereocenters. The number of hydrogen-bond donors (Lipinski definition) is 4. The molecule has 1 aliphatic rings. The summed E-state index contributed by atoms with van der Waals surface area (Å²) in [5.41, 5.74) is 14.9. The molecule has 0 fully saturated rings. The van der Waals surface area contributed by atoms with Gasteiger partial charge in [0.15, 0.2) is 0 Å². The Hall–Kier alpha value is -3.59. The highest BCUT2D eigenvalue weighted by molar-refractivity contribution is 5.67. The summed E-state index contributed by atoms with van der Waals surface area (Å²) in [7, 11) is 0. The van der Waals surface area contributed by atoms with Crippen LogP contribution >= 0.6 is 0 Å². The maximum absolute atomic E-state index is 14.2. The van der Waals surface area contributed by atoms with Gasteiger partial charge in [0.25, 0.3) is 0 Å². The third-order valence-corrected chi connectivity index (χ3v) is 6.20. The number of hydrogen-bond acceptors (Lipinski definition) is 6. The molecule has 2 aromatic heterocycles. The number of nitrogens with one attached hydrogen (secondary N) is 1. The molecule has 4 rings (SSSR count). The Labute approximate surface area is 196 Å². The summed E-state index contributed by atoms with van der Waals surface area (Å²) in [6.45, 7) is 5.33. The second-order valence-electron chi connectivity index (χ2n) is 9.19. The number of rotatable bonds is 5. The monoisotopic (exact) mass is 466 g/mol. The van der Waals surface area contributed by atoms with Gasteiger partial charge in [-0.2, -0.15) is 5.10 Å². The Morgan fingerprint density at radius 1 is 1.18 bits per heavy atom. The van der Waals surface area contributed by atoms with E-state index in [0.717, 1.165) is 18.4 Å². The van der Waals surface area contributed by atoms with Gasteiger partial charge in [-0.05, 0) is 62.5 Å². The third-order valence-electron chi connectivity index (χ3n) is 6.20. The Morgan fingerprint density at radius 2 is 1.88 bits per heavy atom. The van der Waals surface area contributed by atoms with Crippen molar-refractivity contribution in [3.8, 4) is 11.4 Å². The highest BCUT2D eigenvalue weighted by Gasteiger charge is 2.28. The maximum Gasteiger partial charge on any atom is 0.135 e. The number of nitrogens with zero attached hydrogens (tertiary/aromatic N) is 3. The van der Waals surface area contributed by atoms with E-state index in [0.29, 0.717) is 28.5 Å². The Morgan fingerprint density at radius 3 is 2.53 bits per heavy atom. The van der Waals surface area contributed by atoms with Gasteiger partial charge in [-0.1, -0.05) is 13.0 Å². The van der Waals surface area contributed by atoms with Gasteiger partial charge in [-0.25, -0.2) is 13.8 Å². The Bertz CT molecular complexity index is 1250. The number of benzene rings is 1. The lowest BCUT2D eigenvalue weighted by Crippen LogP contribution is -2.23. The smallest absolute Gasteiger partial charge is 0.135 e. The number of aromatic amines is 1. The van der Waals surface area contributed by atoms with E-state index in [-0.39, 0.29) is 23.1 Å². The number of nitrogens with two attached hydrogens (primary N) is 2. The molecule has 2 heterocycles. The van der Waals surface area contributed by atoms with E-state index in [9.17, 15) is 13.9 Å². The summed E-state index contributed by atoms with van der Waals surface area (Å²) in [6.07, 6.45) is 6.35. The lowest BCUT2D eigenvalue weighted by molar-refractivity contribution is 0.0738. The SMILES string of the molecule is CC1CCC(c2cncc(-c3cc(C(C)(C)O)[nH]n3)n2)C(N)=C1/C=C(\N)c1c(F)cccc1F. The largest absolute Gasteiger partial charge is 0.401 e. The van der Waals surface area contributed by atoms with Crippen LogP contribution in [-0.4, -0.2) is 25.3 Å².